The molecule has 0 spiro atoms. The molecule has 1 aliphatic heterocycles. The summed E-state index contributed by atoms with van der Waals surface area (Å²) in [5, 5.41) is 12.9. The largest absolute Gasteiger partial charge is 0.383 e. The smallest absolute Gasteiger partial charge is 0.269 e. The molecule has 186 valence electrons. The Morgan fingerprint density at radius 3 is 2.61 bits per heavy atom. The lowest BCUT2D eigenvalue weighted by atomic mass is 9.93. The molecule has 0 radical (unpaired) electrons. The van der Waals surface area contributed by atoms with Crippen molar-refractivity contribution in [1.29, 1.82) is 0 Å². The van der Waals surface area contributed by atoms with Crippen molar-refractivity contribution in [3.63, 3.8) is 0 Å². The van der Waals surface area contributed by atoms with Crippen LogP contribution >= 0.6 is 11.3 Å². The number of fused-ring (bicyclic) bond motifs is 1. The standard InChI is InChI=1S/C27H27N3O5S/c1-35-17-16-28(25(31)12-9-20-7-10-22(11-8-20)30(33)34)19-26(32)29-15-13-24-23(14-18-36-24)27(29)21-5-3-2-4-6-21/h2-12,14,18,27H,13,15-17,19H2,1H3/b12-9+. The Kier molecular flexibility index (Phi) is 8.24. The van der Waals surface area contributed by atoms with Crippen molar-refractivity contribution in [2.75, 3.05) is 33.4 Å². The number of benzene rings is 2. The summed E-state index contributed by atoms with van der Waals surface area (Å²) in [6, 6.07) is 17.7. The van der Waals surface area contributed by atoms with Crippen LogP contribution in [0.3, 0.4) is 0 Å². The fourth-order valence-electron chi connectivity index (χ4n) is 4.28. The van der Waals surface area contributed by atoms with Crippen molar-refractivity contribution in [2.45, 2.75) is 12.5 Å². The Bertz CT molecular complexity index is 1240. The number of non-ortho nitro benzene ring substituents is 1. The predicted molar refractivity (Wildman–Crippen MR) is 139 cm³/mol. The molecule has 2 heterocycles. The van der Waals surface area contributed by atoms with Gasteiger partial charge in [-0.3, -0.25) is 19.7 Å². The van der Waals surface area contributed by atoms with Crippen molar-refractivity contribution >= 4 is 34.9 Å². The zero-order valence-corrected chi connectivity index (χ0v) is 20.7. The average Bonchev–Trinajstić information content (AvgIpc) is 3.38. The summed E-state index contributed by atoms with van der Waals surface area (Å²) in [7, 11) is 1.55. The van der Waals surface area contributed by atoms with Crippen LogP contribution in [0.15, 0.2) is 72.1 Å². The van der Waals surface area contributed by atoms with Gasteiger partial charge >= 0.3 is 0 Å². The third-order valence-electron chi connectivity index (χ3n) is 6.13. The normalized spacial score (nSPS) is 15.0. The molecule has 0 bridgehead atoms. The van der Waals surface area contributed by atoms with E-state index in [9.17, 15) is 19.7 Å². The monoisotopic (exact) mass is 505 g/mol. The van der Waals surface area contributed by atoms with Gasteiger partial charge in [-0.25, -0.2) is 0 Å². The number of nitrogens with zero attached hydrogens (tertiary/aromatic N) is 3. The van der Waals surface area contributed by atoms with E-state index in [1.165, 1.54) is 28.0 Å². The van der Waals surface area contributed by atoms with Gasteiger partial charge in [0.1, 0.15) is 6.54 Å². The van der Waals surface area contributed by atoms with E-state index < -0.39 is 4.92 Å². The summed E-state index contributed by atoms with van der Waals surface area (Å²) in [6.45, 7) is 1.06. The van der Waals surface area contributed by atoms with Crippen molar-refractivity contribution in [3.05, 3.63) is 104 Å². The molecule has 1 unspecified atom stereocenters. The summed E-state index contributed by atoms with van der Waals surface area (Å²) in [5.41, 5.74) is 2.81. The van der Waals surface area contributed by atoms with Crippen LogP contribution in [-0.2, 0) is 20.7 Å². The third-order valence-corrected chi connectivity index (χ3v) is 7.12. The van der Waals surface area contributed by atoms with Crippen molar-refractivity contribution in [2.24, 2.45) is 0 Å². The van der Waals surface area contributed by atoms with Gasteiger partial charge in [0.25, 0.3) is 5.69 Å². The van der Waals surface area contributed by atoms with E-state index in [0.29, 0.717) is 18.7 Å². The molecule has 1 aromatic heterocycles. The van der Waals surface area contributed by atoms with Gasteiger partial charge in [-0.15, -0.1) is 11.3 Å². The van der Waals surface area contributed by atoms with Gasteiger partial charge < -0.3 is 14.5 Å². The summed E-state index contributed by atoms with van der Waals surface area (Å²) in [4.78, 5) is 41.6. The number of methoxy groups -OCH3 is 1. The number of nitro benzene ring substituents is 1. The quantitative estimate of drug-likeness (QED) is 0.245. The minimum absolute atomic E-state index is 0.0194. The van der Waals surface area contributed by atoms with E-state index in [2.05, 4.69) is 11.4 Å². The van der Waals surface area contributed by atoms with Gasteiger partial charge in [0.2, 0.25) is 11.8 Å². The first kappa shape index (κ1) is 25.3. The van der Waals surface area contributed by atoms with Crippen LogP contribution in [0, 0.1) is 10.1 Å². The van der Waals surface area contributed by atoms with E-state index >= 15 is 0 Å². The summed E-state index contributed by atoms with van der Waals surface area (Å²) in [6.07, 6.45) is 3.75. The lowest BCUT2D eigenvalue weighted by Crippen LogP contribution is -2.47. The van der Waals surface area contributed by atoms with E-state index in [4.69, 9.17) is 4.74 Å². The molecule has 1 aliphatic rings. The van der Waals surface area contributed by atoms with Crippen LogP contribution in [0.2, 0.25) is 0 Å². The maximum atomic E-state index is 13.6. The van der Waals surface area contributed by atoms with Crippen LogP contribution in [0.1, 0.15) is 27.6 Å². The summed E-state index contributed by atoms with van der Waals surface area (Å²) >= 11 is 1.71. The zero-order valence-electron chi connectivity index (χ0n) is 19.9. The highest BCUT2D eigenvalue weighted by molar-refractivity contribution is 7.10. The molecule has 8 nitrogen and oxygen atoms in total. The molecular weight excluding hydrogens is 478 g/mol. The fourth-order valence-corrected chi connectivity index (χ4v) is 5.19. The number of rotatable bonds is 9. The number of amides is 2. The van der Waals surface area contributed by atoms with Crippen LogP contribution < -0.4 is 0 Å². The molecule has 2 aromatic carbocycles. The molecule has 4 rings (SSSR count). The zero-order chi connectivity index (χ0) is 25.5. The average molecular weight is 506 g/mol. The second-order valence-electron chi connectivity index (χ2n) is 8.38. The minimum atomic E-state index is -0.473. The third kappa shape index (κ3) is 5.87. The molecule has 2 amide bonds. The molecule has 0 saturated heterocycles. The number of carbonyl (C=O) groups is 2. The Morgan fingerprint density at radius 1 is 1.17 bits per heavy atom. The minimum Gasteiger partial charge on any atom is -0.383 e. The van der Waals surface area contributed by atoms with Gasteiger partial charge in [0.05, 0.1) is 17.6 Å². The molecule has 0 aliphatic carbocycles. The van der Waals surface area contributed by atoms with Gasteiger partial charge in [0.15, 0.2) is 0 Å². The van der Waals surface area contributed by atoms with Crippen molar-refractivity contribution < 1.29 is 19.2 Å². The SMILES string of the molecule is COCCN(CC(=O)N1CCc2sccc2C1c1ccccc1)C(=O)/C=C/c1ccc([N+](=O)[O-])cc1. The molecule has 0 N–H and O–H groups in total. The van der Waals surface area contributed by atoms with Crippen LogP contribution in [0.4, 0.5) is 5.69 Å². The lowest BCUT2D eigenvalue weighted by molar-refractivity contribution is -0.384. The van der Waals surface area contributed by atoms with Crippen LogP contribution in [0.5, 0.6) is 0 Å². The second-order valence-corrected chi connectivity index (χ2v) is 9.38. The first-order valence-corrected chi connectivity index (χ1v) is 12.5. The van der Waals surface area contributed by atoms with E-state index in [-0.39, 0.29) is 36.6 Å². The Morgan fingerprint density at radius 2 is 1.92 bits per heavy atom. The number of nitro groups is 1. The molecular formula is C27H27N3O5S. The maximum Gasteiger partial charge on any atom is 0.269 e. The Balaban J connectivity index is 1.51. The molecule has 36 heavy (non-hydrogen) atoms. The van der Waals surface area contributed by atoms with Crippen molar-refractivity contribution in [3.8, 4) is 0 Å². The Hall–Kier alpha value is -3.82. The highest BCUT2D eigenvalue weighted by Gasteiger charge is 2.33. The Labute approximate surface area is 213 Å². The molecule has 0 saturated carbocycles. The summed E-state index contributed by atoms with van der Waals surface area (Å²) in [5.74, 6) is -0.461. The topological polar surface area (TPSA) is 93.0 Å². The first-order chi connectivity index (χ1) is 17.5. The van der Waals surface area contributed by atoms with Crippen LogP contribution in [0.25, 0.3) is 6.08 Å². The number of thiophene rings is 1. The number of ether oxygens (including phenoxy) is 1. The highest BCUT2D eigenvalue weighted by atomic mass is 32.1. The highest BCUT2D eigenvalue weighted by Crippen LogP contribution is 2.37. The molecule has 0 fully saturated rings. The summed E-state index contributed by atoms with van der Waals surface area (Å²) < 4.78 is 5.17. The molecule has 1 atom stereocenters. The van der Waals surface area contributed by atoms with E-state index in [1.54, 1.807) is 36.7 Å². The van der Waals surface area contributed by atoms with Crippen LogP contribution in [-0.4, -0.2) is 59.9 Å². The fraction of sp³-hybridized carbons (Fsp3) is 0.259. The van der Waals surface area contributed by atoms with Gasteiger partial charge in [-0.05, 0) is 52.8 Å². The van der Waals surface area contributed by atoms with E-state index in [0.717, 1.165) is 17.5 Å². The lowest BCUT2D eigenvalue weighted by Gasteiger charge is -2.37. The molecule has 9 heteroatoms. The first-order valence-electron chi connectivity index (χ1n) is 11.6. The van der Waals surface area contributed by atoms with E-state index in [1.807, 2.05) is 35.2 Å². The molecule has 3 aromatic rings. The van der Waals surface area contributed by atoms with Gasteiger partial charge in [-0.1, -0.05) is 30.3 Å². The van der Waals surface area contributed by atoms with Crippen molar-refractivity contribution in [1.82, 2.24) is 9.80 Å². The number of hydrogen-bond donors (Lipinski definition) is 0. The number of hydrogen-bond acceptors (Lipinski definition) is 6. The predicted octanol–water partition coefficient (Wildman–Crippen LogP) is 4.32. The van der Waals surface area contributed by atoms with Gasteiger partial charge in [0, 0.05) is 43.3 Å². The van der Waals surface area contributed by atoms with Gasteiger partial charge in [-0.2, -0.15) is 0 Å². The second kappa shape index (κ2) is 11.7. The maximum absolute atomic E-state index is 13.6. The number of carbonyl (C=O) groups excluding carboxylic acids is 2.